The fourth-order valence-electron chi connectivity index (χ4n) is 2.25. The van der Waals surface area contributed by atoms with E-state index in [0.29, 0.717) is 16.5 Å². The van der Waals surface area contributed by atoms with Crippen LogP contribution in [0, 0.1) is 0 Å². The highest BCUT2D eigenvalue weighted by atomic mass is 35.5. The van der Waals surface area contributed by atoms with Crippen molar-refractivity contribution in [3.05, 3.63) is 53.6 Å². The number of carbonyl (C=O) groups excluding carboxylic acids is 2. The summed E-state index contributed by atoms with van der Waals surface area (Å²) in [6.45, 7) is 1.64. The van der Waals surface area contributed by atoms with E-state index in [0.717, 1.165) is 0 Å². The van der Waals surface area contributed by atoms with E-state index in [4.69, 9.17) is 21.1 Å². The third-order valence-corrected chi connectivity index (χ3v) is 5.22. The van der Waals surface area contributed by atoms with Gasteiger partial charge in [0.05, 0.1) is 11.5 Å². The molecule has 0 saturated heterocycles. The highest BCUT2D eigenvalue weighted by Crippen LogP contribution is 2.18. The zero-order valence-electron chi connectivity index (χ0n) is 15.7. The maximum Gasteiger partial charge on any atom is 0.344 e. The lowest BCUT2D eigenvalue weighted by molar-refractivity contribution is -0.145. The molecule has 0 radical (unpaired) electrons. The first-order valence-electron chi connectivity index (χ1n) is 8.73. The van der Waals surface area contributed by atoms with Crippen LogP contribution in [-0.2, 0) is 24.3 Å². The number of amides is 1. The zero-order valence-corrected chi connectivity index (χ0v) is 17.3. The number of ether oxygens (including phenoxy) is 2. The Morgan fingerprint density at radius 1 is 1.10 bits per heavy atom. The lowest BCUT2D eigenvalue weighted by Gasteiger charge is -2.10. The molecule has 156 valence electrons. The first-order chi connectivity index (χ1) is 13.8. The summed E-state index contributed by atoms with van der Waals surface area (Å²) in [5.74, 6) is -0.493. The normalized spacial score (nSPS) is 11.0. The van der Waals surface area contributed by atoms with Crippen molar-refractivity contribution in [3.63, 3.8) is 0 Å². The number of anilines is 1. The molecule has 0 unspecified atom stereocenters. The Morgan fingerprint density at radius 3 is 2.59 bits per heavy atom. The molecule has 2 N–H and O–H groups in total. The van der Waals surface area contributed by atoms with Gasteiger partial charge in [0.15, 0.2) is 6.61 Å². The van der Waals surface area contributed by atoms with Crippen LogP contribution in [0.5, 0.6) is 5.75 Å². The number of hydrogen-bond donors (Lipinski definition) is 2. The standard InChI is InChI=1S/C19H21ClN2O6S/c1-2-27-19(24)13-28-16-7-4-6-15(12-16)22-18(23)9-10-21-29(25,26)17-8-3-5-14(20)11-17/h3-8,11-12,21H,2,9-10,13H2,1H3,(H,22,23). The molecule has 2 aromatic rings. The average molecular weight is 441 g/mol. The summed E-state index contributed by atoms with van der Waals surface area (Å²) < 4.78 is 36.8. The minimum Gasteiger partial charge on any atom is -0.482 e. The van der Waals surface area contributed by atoms with Gasteiger partial charge in [0.2, 0.25) is 15.9 Å². The second-order valence-electron chi connectivity index (χ2n) is 5.77. The van der Waals surface area contributed by atoms with Crippen LogP contribution in [0.1, 0.15) is 13.3 Å². The number of halogens is 1. The maximum absolute atomic E-state index is 12.2. The van der Waals surface area contributed by atoms with Crippen LogP contribution in [0.3, 0.4) is 0 Å². The summed E-state index contributed by atoms with van der Waals surface area (Å²) >= 11 is 5.80. The van der Waals surface area contributed by atoms with Gasteiger partial charge in [0, 0.05) is 29.7 Å². The molecule has 0 heterocycles. The van der Waals surface area contributed by atoms with Crippen molar-refractivity contribution in [1.82, 2.24) is 4.72 Å². The molecular formula is C19H21ClN2O6S. The average Bonchev–Trinajstić information content (AvgIpc) is 2.67. The van der Waals surface area contributed by atoms with E-state index in [1.807, 2.05) is 0 Å². The van der Waals surface area contributed by atoms with Crippen LogP contribution in [-0.4, -0.2) is 40.1 Å². The number of sulfonamides is 1. The Hall–Kier alpha value is -2.62. The number of carbonyl (C=O) groups is 2. The Kier molecular flexibility index (Phi) is 8.44. The number of esters is 1. The van der Waals surface area contributed by atoms with Gasteiger partial charge in [-0.3, -0.25) is 4.79 Å². The minimum absolute atomic E-state index is 0.0249. The Labute approximate surface area is 174 Å². The lowest BCUT2D eigenvalue weighted by atomic mass is 10.3. The zero-order chi connectivity index (χ0) is 21.3. The van der Waals surface area contributed by atoms with E-state index in [1.54, 1.807) is 37.3 Å². The van der Waals surface area contributed by atoms with Gasteiger partial charge in [-0.15, -0.1) is 0 Å². The van der Waals surface area contributed by atoms with Crippen molar-refractivity contribution in [3.8, 4) is 5.75 Å². The molecule has 2 rings (SSSR count). The van der Waals surface area contributed by atoms with E-state index in [2.05, 4.69) is 10.0 Å². The third kappa shape index (κ3) is 7.72. The van der Waals surface area contributed by atoms with E-state index < -0.39 is 16.0 Å². The monoisotopic (exact) mass is 440 g/mol. The molecule has 1 amide bonds. The van der Waals surface area contributed by atoms with Crippen molar-refractivity contribution < 1.29 is 27.5 Å². The molecule has 0 spiro atoms. The molecule has 0 aromatic heterocycles. The number of benzene rings is 2. The van der Waals surface area contributed by atoms with Crippen LogP contribution < -0.4 is 14.8 Å². The van der Waals surface area contributed by atoms with Crippen molar-refractivity contribution in [1.29, 1.82) is 0 Å². The predicted octanol–water partition coefficient (Wildman–Crippen LogP) is 2.59. The fourth-order valence-corrected chi connectivity index (χ4v) is 3.58. The molecule has 29 heavy (non-hydrogen) atoms. The van der Waals surface area contributed by atoms with E-state index in [9.17, 15) is 18.0 Å². The molecule has 0 saturated carbocycles. The molecule has 0 atom stereocenters. The summed E-state index contributed by atoms with van der Waals surface area (Å²) in [7, 11) is -3.76. The van der Waals surface area contributed by atoms with Crippen molar-refractivity contribution in [2.75, 3.05) is 25.1 Å². The van der Waals surface area contributed by atoms with Gasteiger partial charge in [0.25, 0.3) is 0 Å². The molecule has 0 bridgehead atoms. The van der Waals surface area contributed by atoms with Gasteiger partial charge in [-0.1, -0.05) is 23.7 Å². The highest BCUT2D eigenvalue weighted by Gasteiger charge is 2.14. The third-order valence-electron chi connectivity index (χ3n) is 3.53. The van der Waals surface area contributed by atoms with Crippen LogP contribution >= 0.6 is 11.6 Å². The van der Waals surface area contributed by atoms with Gasteiger partial charge < -0.3 is 14.8 Å². The summed E-state index contributed by atoms with van der Waals surface area (Å²) in [4.78, 5) is 23.4. The minimum atomic E-state index is -3.76. The van der Waals surface area contributed by atoms with E-state index >= 15 is 0 Å². The number of hydrogen-bond acceptors (Lipinski definition) is 6. The number of nitrogens with one attached hydrogen (secondary N) is 2. The van der Waals surface area contributed by atoms with E-state index in [-0.39, 0.29) is 37.0 Å². The van der Waals surface area contributed by atoms with Crippen LogP contribution in [0.4, 0.5) is 5.69 Å². The first-order valence-corrected chi connectivity index (χ1v) is 10.6. The summed E-state index contributed by atoms with van der Waals surface area (Å²) in [6.07, 6.45) is -0.0757. The van der Waals surface area contributed by atoms with Crippen molar-refractivity contribution in [2.45, 2.75) is 18.2 Å². The molecular weight excluding hydrogens is 420 g/mol. The molecule has 2 aromatic carbocycles. The second-order valence-corrected chi connectivity index (χ2v) is 7.98. The Morgan fingerprint density at radius 2 is 1.86 bits per heavy atom. The summed E-state index contributed by atoms with van der Waals surface area (Å²) in [5.41, 5.74) is 0.453. The SMILES string of the molecule is CCOC(=O)COc1cccc(NC(=O)CCNS(=O)(=O)c2cccc(Cl)c2)c1. The van der Waals surface area contributed by atoms with Crippen molar-refractivity contribution >= 4 is 39.2 Å². The first kappa shape index (κ1) is 22.7. The van der Waals surface area contributed by atoms with Gasteiger partial charge in [-0.2, -0.15) is 0 Å². The second kappa shape index (κ2) is 10.8. The van der Waals surface area contributed by atoms with Crippen LogP contribution in [0.15, 0.2) is 53.4 Å². The van der Waals surface area contributed by atoms with E-state index in [1.165, 1.54) is 18.2 Å². The summed E-state index contributed by atoms with van der Waals surface area (Å²) in [5, 5.41) is 2.94. The Bertz CT molecular complexity index is 965. The molecule has 0 aliphatic heterocycles. The summed E-state index contributed by atoms with van der Waals surface area (Å²) in [6, 6.07) is 12.3. The molecule has 0 aliphatic carbocycles. The van der Waals surface area contributed by atoms with Gasteiger partial charge in [-0.05, 0) is 37.3 Å². The quantitative estimate of drug-likeness (QED) is 0.549. The van der Waals surface area contributed by atoms with Crippen molar-refractivity contribution in [2.24, 2.45) is 0 Å². The topological polar surface area (TPSA) is 111 Å². The van der Waals surface area contributed by atoms with Gasteiger partial charge >= 0.3 is 5.97 Å². The predicted molar refractivity (Wildman–Crippen MR) is 108 cm³/mol. The molecule has 10 heteroatoms. The van der Waals surface area contributed by atoms with Crippen LogP contribution in [0.2, 0.25) is 5.02 Å². The smallest absolute Gasteiger partial charge is 0.344 e. The van der Waals surface area contributed by atoms with Gasteiger partial charge in [0.1, 0.15) is 5.75 Å². The highest BCUT2D eigenvalue weighted by molar-refractivity contribution is 7.89. The molecule has 8 nitrogen and oxygen atoms in total. The van der Waals surface area contributed by atoms with Gasteiger partial charge in [-0.25, -0.2) is 17.9 Å². The molecule has 0 aliphatic rings. The largest absolute Gasteiger partial charge is 0.482 e. The fraction of sp³-hybridized carbons (Fsp3) is 0.263. The lowest BCUT2D eigenvalue weighted by Crippen LogP contribution is -2.27. The maximum atomic E-state index is 12.2. The molecule has 0 fully saturated rings. The Balaban J connectivity index is 1.83. The van der Waals surface area contributed by atoms with Crippen LogP contribution in [0.25, 0.3) is 0 Å². The number of rotatable bonds is 10.